The highest BCUT2D eigenvalue weighted by Crippen LogP contribution is 2.54. The summed E-state index contributed by atoms with van der Waals surface area (Å²) in [5, 5.41) is 5.05. The molecule has 0 N–H and O–H groups in total. The summed E-state index contributed by atoms with van der Waals surface area (Å²) in [6.07, 6.45) is 0. The van der Waals surface area contributed by atoms with Gasteiger partial charge in [-0.3, -0.25) is 0 Å². The molecule has 0 unspecified atom stereocenters. The van der Waals surface area contributed by atoms with Gasteiger partial charge in [-0.15, -0.1) is 0 Å². The minimum atomic E-state index is -0.0960. The maximum atomic E-state index is 2.45. The molecule has 9 aromatic carbocycles. The number of rotatable bonds is 6. The maximum Gasteiger partial charge on any atom is 0.0543 e. The van der Waals surface area contributed by atoms with E-state index >= 15 is 0 Å². The molecule has 0 radical (unpaired) electrons. The van der Waals surface area contributed by atoms with E-state index < -0.39 is 0 Å². The van der Waals surface area contributed by atoms with Gasteiger partial charge in [-0.2, -0.15) is 0 Å². The fourth-order valence-corrected chi connectivity index (χ4v) is 8.66. The van der Waals surface area contributed by atoms with Crippen LogP contribution in [-0.4, -0.2) is 0 Å². The first-order valence-corrected chi connectivity index (χ1v) is 18.8. The molecule has 0 aliphatic heterocycles. The van der Waals surface area contributed by atoms with Crippen LogP contribution in [0.15, 0.2) is 200 Å². The van der Waals surface area contributed by atoms with E-state index in [1.807, 2.05) is 0 Å². The summed E-state index contributed by atoms with van der Waals surface area (Å²) >= 11 is 0. The minimum Gasteiger partial charge on any atom is -0.310 e. The molecule has 1 heteroatoms. The molecular formula is C53H39N. The van der Waals surface area contributed by atoms with Gasteiger partial charge in [0.1, 0.15) is 0 Å². The third-order valence-corrected chi connectivity index (χ3v) is 11.5. The monoisotopic (exact) mass is 689 g/mol. The topological polar surface area (TPSA) is 3.24 Å². The van der Waals surface area contributed by atoms with Crippen molar-refractivity contribution in [2.75, 3.05) is 4.90 Å². The van der Waals surface area contributed by atoms with Crippen molar-refractivity contribution < 1.29 is 0 Å². The van der Waals surface area contributed by atoms with E-state index in [-0.39, 0.29) is 5.41 Å². The van der Waals surface area contributed by atoms with Crippen LogP contribution in [0.25, 0.3) is 66.1 Å². The van der Waals surface area contributed by atoms with E-state index in [0.29, 0.717) is 0 Å². The fourth-order valence-electron chi connectivity index (χ4n) is 8.66. The largest absolute Gasteiger partial charge is 0.310 e. The summed E-state index contributed by atoms with van der Waals surface area (Å²) in [4.78, 5) is 2.45. The van der Waals surface area contributed by atoms with Crippen molar-refractivity contribution >= 4 is 38.6 Å². The van der Waals surface area contributed by atoms with E-state index in [4.69, 9.17) is 0 Å². The van der Waals surface area contributed by atoms with Crippen LogP contribution in [0.4, 0.5) is 17.1 Å². The zero-order valence-corrected chi connectivity index (χ0v) is 30.5. The fraction of sp³-hybridized carbons (Fsp3) is 0.0566. The van der Waals surface area contributed by atoms with Crippen molar-refractivity contribution in [3.63, 3.8) is 0 Å². The first-order valence-electron chi connectivity index (χ1n) is 18.8. The van der Waals surface area contributed by atoms with Gasteiger partial charge >= 0.3 is 0 Å². The van der Waals surface area contributed by atoms with E-state index in [1.165, 1.54) is 82.9 Å². The summed E-state index contributed by atoms with van der Waals surface area (Å²) < 4.78 is 0. The lowest BCUT2D eigenvalue weighted by Crippen LogP contribution is -2.16. The molecule has 10 rings (SSSR count). The Bertz CT molecular complexity index is 2840. The Hall–Kier alpha value is -6.70. The molecule has 0 bridgehead atoms. The highest BCUT2D eigenvalue weighted by atomic mass is 15.1. The number of hydrogen-bond acceptors (Lipinski definition) is 1. The van der Waals surface area contributed by atoms with Gasteiger partial charge in [-0.25, -0.2) is 0 Å². The molecule has 1 aliphatic rings. The maximum absolute atomic E-state index is 2.45. The standard InChI is InChI=1S/C53H39N/c1-53(2)49-21-8-7-19-48(49)52-50(53)22-11-23-51(52)54(44-32-30-38(31-33-44)43-29-26-36-12-3-4-14-41(36)34-43)45-17-9-16-42(35-45)37-24-27-40(28-25-37)47-20-10-15-39-13-5-6-18-46(39)47/h3-35H,1-2H3. The molecule has 0 spiro atoms. The van der Waals surface area contributed by atoms with Gasteiger partial charge in [0.2, 0.25) is 0 Å². The molecule has 0 saturated carbocycles. The van der Waals surface area contributed by atoms with Crippen LogP contribution < -0.4 is 4.90 Å². The van der Waals surface area contributed by atoms with Gasteiger partial charge in [0, 0.05) is 22.4 Å². The summed E-state index contributed by atoms with van der Waals surface area (Å²) in [5.41, 5.74) is 16.0. The molecule has 0 atom stereocenters. The van der Waals surface area contributed by atoms with Crippen molar-refractivity contribution in [3.05, 3.63) is 211 Å². The molecule has 0 fully saturated rings. The average Bonchev–Trinajstić information content (AvgIpc) is 3.47. The van der Waals surface area contributed by atoms with Crippen molar-refractivity contribution in [1.82, 2.24) is 0 Å². The molecule has 54 heavy (non-hydrogen) atoms. The van der Waals surface area contributed by atoms with E-state index in [0.717, 1.165) is 11.4 Å². The molecule has 0 saturated heterocycles. The Kier molecular flexibility index (Phi) is 7.56. The summed E-state index contributed by atoms with van der Waals surface area (Å²) in [7, 11) is 0. The summed E-state index contributed by atoms with van der Waals surface area (Å²) in [6, 6.07) is 73.4. The van der Waals surface area contributed by atoms with E-state index in [9.17, 15) is 0 Å². The lowest BCUT2D eigenvalue weighted by Gasteiger charge is -2.29. The van der Waals surface area contributed by atoms with Gasteiger partial charge in [0.25, 0.3) is 0 Å². The number of anilines is 3. The Labute approximate surface area is 317 Å². The number of hydrogen-bond donors (Lipinski definition) is 0. The second kappa shape index (κ2) is 12.8. The number of fused-ring (bicyclic) bond motifs is 5. The molecular weight excluding hydrogens is 651 g/mol. The minimum absolute atomic E-state index is 0.0960. The lowest BCUT2D eigenvalue weighted by atomic mass is 9.82. The second-order valence-electron chi connectivity index (χ2n) is 15.0. The van der Waals surface area contributed by atoms with Crippen LogP contribution in [0.5, 0.6) is 0 Å². The zero-order chi connectivity index (χ0) is 36.2. The number of benzene rings is 9. The van der Waals surface area contributed by atoms with Crippen LogP contribution in [0.3, 0.4) is 0 Å². The second-order valence-corrected chi connectivity index (χ2v) is 15.0. The predicted octanol–water partition coefficient (Wildman–Crippen LogP) is 14.8. The van der Waals surface area contributed by atoms with Gasteiger partial charge in [0.05, 0.1) is 5.69 Å². The smallest absolute Gasteiger partial charge is 0.0543 e. The Morgan fingerprint density at radius 3 is 1.76 bits per heavy atom. The average molecular weight is 690 g/mol. The SMILES string of the molecule is CC1(C)c2ccccc2-c2c(N(c3ccc(-c4ccc5ccccc5c4)cc3)c3cccc(-c4ccc(-c5cccc6ccccc56)cc4)c3)cccc21. The normalized spacial score (nSPS) is 12.8. The Morgan fingerprint density at radius 2 is 0.926 bits per heavy atom. The van der Waals surface area contributed by atoms with Crippen LogP contribution >= 0.6 is 0 Å². The quantitative estimate of drug-likeness (QED) is 0.168. The Morgan fingerprint density at radius 1 is 0.352 bits per heavy atom. The zero-order valence-electron chi connectivity index (χ0n) is 30.5. The van der Waals surface area contributed by atoms with E-state index in [2.05, 4.69) is 219 Å². The summed E-state index contributed by atoms with van der Waals surface area (Å²) in [6.45, 7) is 4.71. The van der Waals surface area contributed by atoms with Crippen LogP contribution in [0.2, 0.25) is 0 Å². The molecule has 1 nitrogen and oxygen atoms in total. The predicted molar refractivity (Wildman–Crippen MR) is 230 cm³/mol. The number of nitrogens with zero attached hydrogens (tertiary/aromatic N) is 1. The van der Waals surface area contributed by atoms with E-state index in [1.54, 1.807) is 0 Å². The highest BCUT2D eigenvalue weighted by molar-refractivity contribution is 5.98. The van der Waals surface area contributed by atoms with Crippen LogP contribution in [0, 0.1) is 0 Å². The first-order chi connectivity index (χ1) is 26.5. The molecule has 256 valence electrons. The van der Waals surface area contributed by atoms with Gasteiger partial charge < -0.3 is 4.90 Å². The molecule has 0 amide bonds. The molecule has 0 heterocycles. The van der Waals surface area contributed by atoms with Crippen molar-refractivity contribution in [1.29, 1.82) is 0 Å². The van der Waals surface area contributed by atoms with Crippen LogP contribution in [0.1, 0.15) is 25.0 Å². The third kappa shape index (κ3) is 5.32. The molecule has 1 aliphatic carbocycles. The first kappa shape index (κ1) is 32.0. The van der Waals surface area contributed by atoms with Crippen molar-refractivity contribution in [3.8, 4) is 44.5 Å². The third-order valence-electron chi connectivity index (χ3n) is 11.5. The van der Waals surface area contributed by atoms with Gasteiger partial charge in [-0.05, 0) is 108 Å². The Balaban J connectivity index is 1.09. The van der Waals surface area contributed by atoms with Gasteiger partial charge in [0.15, 0.2) is 0 Å². The van der Waals surface area contributed by atoms with Gasteiger partial charge in [-0.1, -0.05) is 178 Å². The molecule has 0 aromatic heterocycles. The summed E-state index contributed by atoms with van der Waals surface area (Å²) in [5.74, 6) is 0. The molecule has 9 aromatic rings. The van der Waals surface area contributed by atoms with Crippen molar-refractivity contribution in [2.24, 2.45) is 0 Å². The lowest BCUT2D eigenvalue weighted by molar-refractivity contribution is 0.660. The van der Waals surface area contributed by atoms with Crippen molar-refractivity contribution in [2.45, 2.75) is 19.3 Å². The highest BCUT2D eigenvalue weighted by Gasteiger charge is 2.37. The van der Waals surface area contributed by atoms with Crippen LogP contribution in [-0.2, 0) is 5.41 Å².